The zero-order valence-electron chi connectivity index (χ0n) is 16.9. The van der Waals surface area contributed by atoms with Gasteiger partial charge in [0.2, 0.25) is 5.91 Å². The van der Waals surface area contributed by atoms with Crippen molar-refractivity contribution in [3.63, 3.8) is 0 Å². The lowest BCUT2D eigenvalue weighted by molar-refractivity contribution is -0.115. The molecule has 3 rings (SSSR count). The molecule has 1 aromatic heterocycles. The van der Waals surface area contributed by atoms with E-state index in [-0.39, 0.29) is 11.5 Å². The maximum Gasteiger partial charge on any atom is 0.341 e. The van der Waals surface area contributed by atoms with Crippen LogP contribution in [-0.2, 0) is 26.0 Å². The smallest absolute Gasteiger partial charge is 0.341 e. The third-order valence-corrected chi connectivity index (χ3v) is 6.99. The average Bonchev–Trinajstić information content (AvgIpc) is 3.06. The van der Waals surface area contributed by atoms with E-state index in [0.29, 0.717) is 28.6 Å². The number of amides is 1. The number of rotatable bonds is 7. The summed E-state index contributed by atoms with van der Waals surface area (Å²) in [5.41, 5.74) is 1.45. The number of ether oxygens (including phenoxy) is 1. The maximum atomic E-state index is 12.8. The van der Waals surface area contributed by atoms with Gasteiger partial charge in [0, 0.05) is 0 Å². The zero-order chi connectivity index (χ0) is 21.9. The Bertz CT molecular complexity index is 1090. The molecule has 0 fully saturated rings. The quantitative estimate of drug-likeness (QED) is 0.652. The number of carbonyl (C=O) groups is 2. The molecule has 0 unspecified atom stereocenters. The first kappa shape index (κ1) is 22.0. The molecule has 1 N–H and O–H groups in total. The van der Waals surface area contributed by atoms with Crippen LogP contribution >= 0.6 is 11.3 Å². The fraction of sp³-hybridized carbons (Fsp3) is 0.350. The summed E-state index contributed by atoms with van der Waals surface area (Å²) >= 11 is 1.22. The van der Waals surface area contributed by atoms with Gasteiger partial charge in [0.05, 0.1) is 17.9 Å². The van der Waals surface area contributed by atoms with Crippen molar-refractivity contribution in [2.75, 3.05) is 18.5 Å². The maximum absolute atomic E-state index is 12.8. The van der Waals surface area contributed by atoms with Gasteiger partial charge in [-0.05, 0) is 42.3 Å². The molecule has 1 amide bonds. The molecule has 1 aliphatic rings. The molecule has 10 heteroatoms. The van der Waals surface area contributed by atoms with Gasteiger partial charge in [0.1, 0.15) is 22.8 Å². The van der Waals surface area contributed by atoms with E-state index in [4.69, 9.17) is 4.74 Å². The first-order valence-electron chi connectivity index (χ1n) is 9.46. The van der Waals surface area contributed by atoms with E-state index in [1.165, 1.54) is 17.4 Å². The van der Waals surface area contributed by atoms with E-state index in [1.807, 2.05) is 19.2 Å². The number of para-hydroxylation sites is 1. The lowest BCUT2D eigenvalue weighted by atomic mass is 10.0. The Balaban J connectivity index is 1.80. The highest BCUT2D eigenvalue weighted by atomic mass is 32.2. The Morgan fingerprint density at radius 1 is 1.27 bits per heavy atom. The number of anilines is 1. The fourth-order valence-corrected chi connectivity index (χ4v) is 5.36. The van der Waals surface area contributed by atoms with Crippen molar-refractivity contribution in [2.24, 2.45) is 10.9 Å². The van der Waals surface area contributed by atoms with E-state index < -0.39 is 28.4 Å². The number of benzene rings is 1. The van der Waals surface area contributed by atoms with Gasteiger partial charge in [-0.15, -0.1) is 11.3 Å². The van der Waals surface area contributed by atoms with Crippen LogP contribution in [0.3, 0.4) is 0 Å². The molecule has 0 atom stereocenters. The van der Waals surface area contributed by atoms with Crippen LogP contribution in [0.15, 0.2) is 39.5 Å². The van der Waals surface area contributed by atoms with Crippen molar-refractivity contribution in [3.8, 4) is 0 Å². The van der Waals surface area contributed by atoms with E-state index in [1.54, 1.807) is 25.1 Å². The molecule has 30 heavy (non-hydrogen) atoms. The van der Waals surface area contributed by atoms with Crippen molar-refractivity contribution in [3.05, 3.63) is 40.8 Å². The topological polar surface area (TPSA) is 105 Å². The molecule has 0 radical (unpaired) electrons. The van der Waals surface area contributed by atoms with Gasteiger partial charge in [0.15, 0.2) is 0 Å². The second kappa shape index (κ2) is 8.97. The number of thiophene rings is 1. The summed E-state index contributed by atoms with van der Waals surface area (Å²) in [7, 11) is -3.88. The second-order valence-electron chi connectivity index (χ2n) is 7.09. The molecule has 160 valence electrons. The minimum absolute atomic E-state index is 0.0443. The first-order valence-corrected chi connectivity index (χ1v) is 11.8. The summed E-state index contributed by atoms with van der Waals surface area (Å²) in [4.78, 5) is 29.2. The van der Waals surface area contributed by atoms with E-state index in [2.05, 4.69) is 10.3 Å². The Kier molecular flexibility index (Phi) is 6.57. The fourth-order valence-electron chi connectivity index (χ4n) is 3.03. The van der Waals surface area contributed by atoms with E-state index in [0.717, 1.165) is 16.2 Å². The molecule has 0 bridgehead atoms. The van der Waals surface area contributed by atoms with Crippen LogP contribution in [0.2, 0.25) is 0 Å². The number of nitrogens with one attached hydrogen (secondary N) is 1. The van der Waals surface area contributed by atoms with Gasteiger partial charge in [0.25, 0.3) is 10.0 Å². The van der Waals surface area contributed by atoms with Crippen molar-refractivity contribution >= 4 is 50.3 Å². The molecule has 8 nitrogen and oxygen atoms in total. The largest absolute Gasteiger partial charge is 0.462 e. The van der Waals surface area contributed by atoms with E-state index >= 15 is 0 Å². The lowest BCUT2D eigenvalue weighted by Gasteiger charge is -2.23. The number of nitrogens with zero attached hydrogens (tertiary/aromatic N) is 2. The summed E-state index contributed by atoms with van der Waals surface area (Å²) in [6.45, 7) is 5.53. The standard InChI is InChI=1S/C20H23N3O5S2/c1-4-28-20(25)18-14(9-13(2)3)11-29-19(18)22-17(24)10-23-12-21-15-7-5-6-8-16(15)30(23,26)27/h5-8,11-13H,4,9-10H2,1-3H3,(H,22,24). The lowest BCUT2D eigenvalue weighted by Crippen LogP contribution is -2.38. The number of hydrogen-bond donors (Lipinski definition) is 1. The van der Waals surface area contributed by atoms with Gasteiger partial charge >= 0.3 is 5.97 Å². The van der Waals surface area contributed by atoms with Gasteiger partial charge in [-0.25, -0.2) is 22.5 Å². The van der Waals surface area contributed by atoms with Crippen molar-refractivity contribution < 1.29 is 22.7 Å². The number of fused-ring (bicyclic) bond motifs is 1. The Morgan fingerprint density at radius 3 is 2.70 bits per heavy atom. The molecule has 0 saturated heterocycles. The van der Waals surface area contributed by atoms with Crippen molar-refractivity contribution in [1.82, 2.24) is 4.31 Å². The van der Waals surface area contributed by atoms with Crippen LogP contribution in [0.25, 0.3) is 0 Å². The number of aliphatic imine (C=N–C) groups is 1. The molecule has 2 heterocycles. The van der Waals surface area contributed by atoms with Gasteiger partial charge in [-0.1, -0.05) is 26.0 Å². The highest BCUT2D eigenvalue weighted by molar-refractivity contribution is 7.89. The molecule has 1 aromatic carbocycles. The zero-order valence-corrected chi connectivity index (χ0v) is 18.5. The predicted octanol–water partition coefficient (Wildman–Crippen LogP) is 3.43. The van der Waals surface area contributed by atoms with Crippen LogP contribution in [0, 0.1) is 5.92 Å². The van der Waals surface area contributed by atoms with Gasteiger partial charge in [-0.2, -0.15) is 0 Å². The Morgan fingerprint density at radius 2 is 2.00 bits per heavy atom. The van der Waals surface area contributed by atoms with Gasteiger partial charge < -0.3 is 10.1 Å². The molecule has 0 saturated carbocycles. The highest BCUT2D eigenvalue weighted by Crippen LogP contribution is 2.32. The SMILES string of the molecule is CCOC(=O)c1c(CC(C)C)csc1NC(=O)CN1C=Nc2ccccc2S1(=O)=O. The van der Waals surface area contributed by atoms with Crippen LogP contribution in [0.4, 0.5) is 10.7 Å². The first-order chi connectivity index (χ1) is 14.2. The summed E-state index contributed by atoms with van der Waals surface area (Å²) < 4.78 is 31.6. The molecular weight excluding hydrogens is 426 g/mol. The highest BCUT2D eigenvalue weighted by Gasteiger charge is 2.30. The number of hydrogen-bond acceptors (Lipinski definition) is 7. The summed E-state index contributed by atoms with van der Waals surface area (Å²) in [5.74, 6) is -0.773. The normalized spacial score (nSPS) is 14.5. The third kappa shape index (κ3) is 4.54. The van der Waals surface area contributed by atoms with Crippen molar-refractivity contribution in [2.45, 2.75) is 32.1 Å². The van der Waals surface area contributed by atoms with E-state index in [9.17, 15) is 18.0 Å². The van der Waals surface area contributed by atoms with Crippen LogP contribution < -0.4 is 5.32 Å². The van der Waals surface area contributed by atoms with Crippen molar-refractivity contribution in [1.29, 1.82) is 0 Å². The second-order valence-corrected chi connectivity index (χ2v) is 9.83. The van der Waals surface area contributed by atoms with Gasteiger partial charge in [-0.3, -0.25) is 4.79 Å². The summed E-state index contributed by atoms with van der Waals surface area (Å²) in [5, 5.41) is 4.83. The molecular formula is C20H23N3O5S2. The molecule has 0 aliphatic carbocycles. The molecule has 0 spiro atoms. The number of esters is 1. The molecule has 2 aromatic rings. The van der Waals surface area contributed by atoms with Crippen LogP contribution in [0.5, 0.6) is 0 Å². The molecule has 1 aliphatic heterocycles. The predicted molar refractivity (Wildman–Crippen MR) is 116 cm³/mol. The number of sulfonamides is 1. The Hall–Kier alpha value is -2.72. The third-order valence-electron chi connectivity index (χ3n) is 4.30. The Labute approximate surface area is 179 Å². The van der Waals surface area contributed by atoms with Crippen LogP contribution in [0.1, 0.15) is 36.7 Å². The minimum Gasteiger partial charge on any atom is -0.462 e. The summed E-state index contributed by atoms with van der Waals surface area (Å²) in [6, 6.07) is 6.33. The minimum atomic E-state index is -3.88. The summed E-state index contributed by atoms with van der Waals surface area (Å²) in [6.07, 6.45) is 1.78. The average molecular weight is 450 g/mol. The monoisotopic (exact) mass is 449 g/mol. The number of carbonyl (C=O) groups excluding carboxylic acids is 2. The van der Waals surface area contributed by atoms with Crippen LogP contribution in [-0.4, -0.2) is 44.1 Å².